The molecule has 0 bridgehead atoms. The molecule has 0 saturated heterocycles. The normalized spacial score (nSPS) is 13.4. The Bertz CT molecular complexity index is 497. The van der Waals surface area contributed by atoms with Gasteiger partial charge in [-0.15, -0.1) is 0 Å². The number of benzene rings is 1. The van der Waals surface area contributed by atoms with E-state index in [0.29, 0.717) is 17.5 Å². The van der Waals surface area contributed by atoms with Crippen LogP contribution in [-0.4, -0.2) is 48.1 Å². The Labute approximate surface area is 126 Å². The minimum atomic E-state index is -0.427. The van der Waals surface area contributed by atoms with Gasteiger partial charge in [-0.05, 0) is 44.0 Å². The number of rotatable bonds is 6. The lowest BCUT2D eigenvalue weighted by molar-refractivity contribution is 0.0825. The topological polar surface area (TPSA) is 69.6 Å². The molecule has 2 amide bonds. The molecule has 0 spiro atoms. The van der Waals surface area contributed by atoms with E-state index in [4.69, 9.17) is 5.11 Å². The van der Waals surface area contributed by atoms with Gasteiger partial charge in [-0.3, -0.25) is 9.59 Å². The summed E-state index contributed by atoms with van der Waals surface area (Å²) in [6, 6.07) is 6.57. The van der Waals surface area contributed by atoms with Crippen LogP contribution >= 0.6 is 0 Å². The molecule has 0 heterocycles. The fraction of sp³-hybridized carbons (Fsp3) is 0.500. The zero-order valence-electron chi connectivity index (χ0n) is 13.1. The monoisotopic (exact) mass is 292 g/mol. The number of amides is 2. The Kier molecular flexibility index (Phi) is 5.90. The molecule has 1 rings (SSSR count). The highest BCUT2D eigenvalue weighted by molar-refractivity contribution is 5.97. The zero-order valence-corrected chi connectivity index (χ0v) is 13.1. The van der Waals surface area contributed by atoms with E-state index in [2.05, 4.69) is 5.32 Å². The lowest BCUT2D eigenvalue weighted by Gasteiger charge is -2.29. The molecule has 5 heteroatoms. The van der Waals surface area contributed by atoms with E-state index in [9.17, 15) is 9.59 Å². The Morgan fingerprint density at radius 1 is 1.19 bits per heavy atom. The maximum Gasteiger partial charge on any atom is 0.253 e. The zero-order chi connectivity index (χ0) is 16.0. The van der Waals surface area contributed by atoms with Gasteiger partial charge in [0.05, 0.1) is 0 Å². The summed E-state index contributed by atoms with van der Waals surface area (Å²) in [7, 11) is 3.37. The summed E-state index contributed by atoms with van der Waals surface area (Å²) >= 11 is 0. The van der Waals surface area contributed by atoms with Gasteiger partial charge in [0.15, 0.2) is 0 Å². The van der Waals surface area contributed by atoms with Crippen molar-refractivity contribution in [3.8, 4) is 0 Å². The average Bonchev–Trinajstić information content (AvgIpc) is 2.46. The smallest absolute Gasteiger partial charge is 0.253 e. The van der Waals surface area contributed by atoms with Crippen LogP contribution in [0.4, 0.5) is 0 Å². The molecule has 0 radical (unpaired) electrons. The number of hydrogen-bond donors (Lipinski definition) is 2. The number of hydrogen-bond acceptors (Lipinski definition) is 3. The summed E-state index contributed by atoms with van der Waals surface area (Å²) in [5.41, 5.74) is 0.623. The highest BCUT2D eigenvalue weighted by Gasteiger charge is 2.24. The molecule has 1 unspecified atom stereocenters. The van der Waals surface area contributed by atoms with Crippen LogP contribution in [0.2, 0.25) is 0 Å². The van der Waals surface area contributed by atoms with Crippen molar-refractivity contribution in [2.45, 2.75) is 32.2 Å². The van der Waals surface area contributed by atoms with Gasteiger partial charge in [0.2, 0.25) is 0 Å². The SMILES string of the molecule is CCC(C)(CCO)NC(=O)c1ccc(C(=O)N(C)C)cc1. The van der Waals surface area contributed by atoms with E-state index in [0.717, 1.165) is 6.42 Å². The molecule has 5 nitrogen and oxygen atoms in total. The van der Waals surface area contributed by atoms with E-state index in [1.54, 1.807) is 38.4 Å². The number of aliphatic hydroxyl groups excluding tert-OH is 1. The summed E-state index contributed by atoms with van der Waals surface area (Å²) in [5.74, 6) is -0.294. The highest BCUT2D eigenvalue weighted by atomic mass is 16.3. The van der Waals surface area contributed by atoms with Crippen molar-refractivity contribution in [3.63, 3.8) is 0 Å². The van der Waals surface area contributed by atoms with Crippen LogP contribution in [0, 0.1) is 0 Å². The Morgan fingerprint density at radius 2 is 1.71 bits per heavy atom. The van der Waals surface area contributed by atoms with Gasteiger partial charge >= 0.3 is 0 Å². The van der Waals surface area contributed by atoms with Gasteiger partial charge < -0.3 is 15.3 Å². The first-order chi connectivity index (χ1) is 9.83. The first-order valence-corrected chi connectivity index (χ1v) is 7.08. The molecule has 0 aliphatic heterocycles. The molecular formula is C16H24N2O3. The van der Waals surface area contributed by atoms with Crippen molar-refractivity contribution >= 4 is 11.8 Å². The standard InChI is InChI=1S/C16H24N2O3/c1-5-16(2,10-11-19)17-14(20)12-6-8-13(9-7-12)15(21)18(3)4/h6-9,19H,5,10-11H2,1-4H3,(H,17,20). The predicted octanol–water partition coefficient (Wildman–Crippen LogP) is 1.67. The van der Waals surface area contributed by atoms with Crippen molar-refractivity contribution in [2.24, 2.45) is 0 Å². The molecule has 1 atom stereocenters. The largest absolute Gasteiger partial charge is 0.396 e. The van der Waals surface area contributed by atoms with Gasteiger partial charge in [-0.25, -0.2) is 0 Å². The van der Waals surface area contributed by atoms with E-state index in [1.807, 2.05) is 13.8 Å². The molecule has 2 N–H and O–H groups in total. The molecule has 0 saturated carbocycles. The second kappa shape index (κ2) is 7.22. The quantitative estimate of drug-likeness (QED) is 0.838. The lowest BCUT2D eigenvalue weighted by Crippen LogP contribution is -2.46. The van der Waals surface area contributed by atoms with Gasteiger partial charge in [0.1, 0.15) is 0 Å². The van der Waals surface area contributed by atoms with Gasteiger partial charge in [-0.1, -0.05) is 6.92 Å². The fourth-order valence-corrected chi connectivity index (χ4v) is 1.94. The van der Waals surface area contributed by atoms with Crippen LogP contribution in [0.5, 0.6) is 0 Å². The number of carbonyl (C=O) groups excluding carboxylic acids is 2. The highest BCUT2D eigenvalue weighted by Crippen LogP contribution is 2.15. The van der Waals surface area contributed by atoms with Crippen molar-refractivity contribution in [3.05, 3.63) is 35.4 Å². The minimum Gasteiger partial charge on any atom is -0.396 e. The molecule has 1 aromatic rings. The van der Waals surface area contributed by atoms with Gasteiger partial charge in [0.25, 0.3) is 11.8 Å². The Hall–Kier alpha value is -1.88. The third-order valence-corrected chi connectivity index (χ3v) is 3.66. The molecule has 1 aromatic carbocycles. The molecule has 0 aromatic heterocycles. The molecule has 0 aliphatic rings. The second-order valence-corrected chi connectivity index (χ2v) is 5.62. The van der Waals surface area contributed by atoms with Crippen LogP contribution in [-0.2, 0) is 0 Å². The Morgan fingerprint density at radius 3 is 2.14 bits per heavy atom. The van der Waals surface area contributed by atoms with E-state index in [-0.39, 0.29) is 18.4 Å². The van der Waals surface area contributed by atoms with Crippen LogP contribution in [0.1, 0.15) is 47.4 Å². The average molecular weight is 292 g/mol. The minimum absolute atomic E-state index is 0.0287. The lowest BCUT2D eigenvalue weighted by atomic mass is 9.94. The van der Waals surface area contributed by atoms with E-state index < -0.39 is 5.54 Å². The third kappa shape index (κ3) is 4.56. The summed E-state index contributed by atoms with van der Waals surface area (Å²) in [6.45, 7) is 3.90. The Balaban J connectivity index is 2.82. The summed E-state index contributed by atoms with van der Waals surface area (Å²) < 4.78 is 0. The summed E-state index contributed by atoms with van der Waals surface area (Å²) in [5, 5.41) is 12.0. The van der Waals surface area contributed by atoms with Crippen molar-refractivity contribution in [1.29, 1.82) is 0 Å². The number of aliphatic hydroxyl groups is 1. The first-order valence-electron chi connectivity index (χ1n) is 7.08. The van der Waals surface area contributed by atoms with Gasteiger partial charge in [0, 0.05) is 37.4 Å². The number of carbonyl (C=O) groups is 2. The van der Waals surface area contributed by atoms with E-state index >= 15 is 0 Å². The van der Waals surface area contributed by atoms with Crippen LogP contribution in [0.25, 0.3) is 0 Å². The van der Waals surface area contributed by atoms with Crippen molar-refractivity contribution < 1.29 is 14.7 Å². The third-order valence-electron chi connectivity index (χ3n) is 3.66. The molecule has 21 heavy (non-hydrogen) atoms. The first kappa shape index (κ1) is 17.2. The maximum absolute atomic E-state index is 12.2. The second-order valence-electron chi connectivity index (χ2n) is 5.62. The van der Waals surface area contributed by atoms with Crippen LogP contribution in [0.15, 0.2) is 24.3 Å². The number of nitrogens with zero attached hydrogens (tertiary/aromatic N) is 1. The predicted molar refractivity (Wildman–Crippen MR) is 82.3 cm³/mol. The number of nitrogens with one attached hydrogen (secondary N) is 1. The van der Waals surface area contributed by atoms with Gasteiger partial charge in [-0.2, -0.15) is 0 Å². The summed E-state index contributed by atoms with van der Waals surface area (Å²) in [4.78, 5) is 25.5. The van der Waals surface area contributed by atoms with E-state index in [1.165, 1.54) is 4.90 Å². The van der Waals surface area contributed by atoms with Crippen LogP contribution < -0.4 is 5.32 Å². The van der Waals surface area contributed by atoms with Crippen molar-refractivity contribution in [1.82, 2.24) is 10.2 Å². The fourth-order valence-electron chi connectivity index (χ4n) is 1.94. The molecular weight excluding hydrogens is 268 g/mol. The van der Waals surface area contributed by atoms with Crippen LogP contribution in [0.3, 0.4) is 0 Å². The maximum atomic E-state index is 12.2. The molecule has 0 fully saturated rings. The molecule has 0 aliphatic carbocycles. The molecule has 116 valence electrons. The van der Waals surface area contributed by atoms with Crippen molar-refractivity contribution in [2.75, 3.05) is 20.7 Å². The summed E-state index contributed by atoms with van der Waals surface area (Å²) in [6.07, 6.45) is 1.24.